The van der Waals surface area contributed by atoms with Crippen LogP contribution in [0.4, 0.5) is 13.2 Å². The SMILES string of the molecule is O=C(O)c1nnn(Cc2ccc(OC(F)(F)F)cc2)c1-c1ccccn1. The minimum absolute atomic E-state index is 0.0957. The van der Waals surface area contributed by atoms with Crippen molar-refractivity contribution in [3.8, 4) is 17.1 Å². The molecule has 134 valence electrons. The lowest BCUT2D eigenvalue weighted by molar-refractivity contribution is -0.274. The van der Waals surface area contributed by atoms with E-state index in [9.17, 15) is 23.1 Å². The van der Waals surface area contributed by atoms with Crippen LogP contribution >= 0.6 is 0 Å². The average molecular weight is 364 g/mol. The Kier molecular flexibility index (Phi) is 4.57. The zero-order valence-corrected chi connectivity index (χ0v) is 13.0. The van der Waals surface area contributed by atoms with Gasteiger partial charge >= 0.3 is 12.3 Å². The van der Waals surface area contributed by atoms with Crippen molar-refractivity contribution in [3.63, 3.8) is 0 Å². The second kappa shape index (κ2) is 6.82. The van der Waals surface area contributed by atoms with Gasteiger partial charge in [0.2, 0.25) is 0 Å². The van der Waals surface area contributed by atoms with Gasteiger partial charge in [0.15, 0.2) is 5.69 Å². The van der Waals surface area contributed by atoms with Gasteiger partial charge in [-0.05, 0) is 29.8 Å². The number of ether oxygens (including phenoxy) is 1. The molecule has 0 fully saturated rings. The van der Waals surface area contributed by atoms with E-state index in [1.54, 1.807) is 18.2 Å². The maximum absolute atomic E-state index is 12.2. The van der Waals surface area contributed by atoms with E-state index in [1.165, 1.54) is 23.0 Å². The molecule has 0 aliphatic heterocycles. The monoisotopic (exact) mass is 364 g/mol. The lowest BCUT2D eigenvalue weighted by Crippen LogP contribution is -2.17. The van der Waals surface area contributed by atoms with Gasteiger partial charge in [0.25, 0.3) is 0 Å². The number of rotatable bonds is 5. The number of carbonyl (C=O) groups is 1. The molecule has 0 aliphatic carbocycles. The summed E-state index contributed by atoms with van der Waals surface area (Å²) in [4.78, 5) is 15.5. The lowest BCUT2D eigenvalue weighted by atomic mass is 10.2. The molecular formula is C16H11F3N4O3. The molecule has 0 atom stereocenters. The second-order valence-corrected chi connectivity index (χ2v) is 5.16. The quantitative estimate of drug-likeness (QED) is 0.749. The Morgan fingerprint density at radius 1 is 1.15 bits per heavy atom. The van der Waals surface area contributed by atoms with Gasteiger partial charge in [-0.3, -0.25) is 4.98 Å². The molecule has 1 N–H and O–H groups in total. The highest BCUT2D eigenvalue weighted by molar-refractivity contribution is 5.92. The topological polar surface area (TPSA) is 90.1 Å². The third-order valence-electron chi connectivity index (χ3n) is 3.33. The van der Waals surface area contributed by atoms with Crippen LogP contribution in [0.15, 0.2) is 48.7 Å². The maximum Gasteiger partial charge on any atom is 0.573 e. The Morgan fingerprint density at radius 2 is 1.88 bits per heavy atom. The summed E-state index contributed by atoms with van der Waals surface area (Å²) in [6, 6.07) is 10.2. The minimum Gasteiger partial charge on any atom is -0.476 e. The zero-order chi connectivity index (χ0) is 18.7. The number of carboxylic acids is 1. The number of aromatic nitrogens is 4. The van der Waals surface area contributed by atoms with Gasteiger partial charge in [0.05, 0.1) is 12.2 Å². The number of aromatic carboxylic acids is 1. The molecule has 0 bridgehead atoms. The maximum atomic E-state index is 12.2. The fraction of sp³-hybridized carbons (Fsp3) is 0.125. The molecule has 0 saturated carbocycles. The normalized spacial score (nSPS) is 11.3. The largest absolute Gasteiger partial charge is 0.573 e. The molecule has 2 aromatic heterocycles. The van der Waals surface area contributed by atoms with Crippen molar-refractivity contribution < 1.29 is 27.8 Å². The first-order valence-electron chi connectivity index (χ1n) is 7.26. The summed E-state index contributed by atoms with van der Waals surface area (Å²) >= 11 is 0. The van der Waals surface area contributed by atoms with Gasteiger partial charge in [-0.2, -0.15) is 0 Å². The van der Waals surface area contributed by atoms with Gasteiger partial charge in [0, 0.05) is 6.20 Å². The highest BCUT2D eigenvalue weighted by Crippen LogP contribution is 2.24. The van der Waals surface area contributed by atoms with Crippen molar-refractivity contribution in [2.45, 2.75) is 12.9 Å². The molecule has 0 spiro atoms. The molecule has 3 rings (SSSR count). The van der Waals surface area contributed by atoms with Gasteiger partial charge < -0.3 is 9.84 Å². The van der Waals surface area contributed by atoms with Crippen molar-refractivity contribution in [2.75, 3.05) is 0 Å². The van der Waals surface area contributed by atoms with Gasteiger partial charge in [-0.15, -0.1) is 18.3 Å². The predicted octanol–water partition coefficient (Wildman–Crippen LogP) is 2.99. The predicted molar refractivity (Wildman–Crippen MR) is 82.4 cm³/mol. The Morgan fingerprint density at radius 3 is 2.46 bits per heavy atom. The number of hydrogen-bond donors (Lipinski definition) is 1. The summed E-state index contributed by atoms with van der Waals surface area (Å²) in [5.74, 6) is -1.61. The summed E-state index contributed by atoms with van der Waals surface area (Å²) < 4.78 is 41.7. The Hall–Kier alpha value is -3.43. The van der Waals surface area contributed by atoms with Crippen LogP contribution in [0.5, 0.6) is 5.75 Å². The van der Waals surface area contributed by atoms with E-state index in [4.69, 9.17) is 0 Å². The van der Waals surface area contributed by atoms with Crippen LogP contribution in [-0.2, 0) is 6.54 Å². The standard InChI is InChI=1S/C16H11F3N4O3/c17-16(18,19)26-11-6-4-10(5-7-11)9-23-14(12-3-1-2-8-20-12)13(15(24)25)21-22-23/h1-8H,9H2,(H,24,25). The Labute approximate surface area is 144 Å². The van der Waals surface area contributed by atoms with Crippen LogP contribution in [0.1, 0.15) is 16.1 Å². The molecule has 0 amide bonds. The first kappa shape index (κ1) is 17.4. The first-order chi connectivity index (χ1) is 12.3. The molecule has 0 aliphatic rings. The molecule has 3 aromatic rings. The smallest absolute Gasteiger partial charge is 0.476 e. The fourth-order valence-corrected chi connectivity index (χ4v) is 2.29. The molecule has 1 aromatic carbocycles. The number of benzene rings is 1. The summed E-state index contributed by atoms with van der Waals surface area (Å²) in [6.45, 7) is 0.0957. The van der Waals surface area contributed by atoms with Crippen LogP contribution in [-0.4, -0.2) is 37.4 Å². The molecule has 0 saturated heterocycles. The summed E-state index contributed by atoms with van der Waals surface area (Å²) in [5.41, 5.74) is 0.889. The van der Waals surface area contributed by atoms with Crippen LogP contribution in [0.3, 0.4) is 0 Å². The number of pyridine rings is 1. The average Bonchev–Trinajstić information content (AvgIpc) is 3.00. The number of carboxylic acid groups (broad SMARTS) is 1. The van der Waals surface area contributed by atoms with E-state index >= 15 is 0 Å². The van der Waals surface area contributed by atoms with E-state index in [0.29, 0.717) is 11.3 Å². The third kappa shape index (κ3) is 3.97. The van der Waals surface area contributed by atoms with Gasteiger partial charge in [0.1, 0.15) is 11.4 Å². The molecule has 2 heterocycles. The summed E-state index contributed by atoms with van der Waals surface area (Å²) in [7, 11) is 0. The Bertz CT molecular complexity index is 909. The molecule has 10 heteroatoms. The lowest BCUT2D eigenvalue weighted by Gasteiger charge is -2.10. The summed E-state index contributed by atoms with van der Waals surface area (Å²) in [6.07, 6.45) is -3.27. The van der Waals surface area contributed by atoms with E-state index < -0.39 is 12.3 Å². The van der Waals surface area contributed by atoms with Crippen molar-refractivity contribution >= 4 is 5.97 Å². The van der Waals surface area contributed by atoms with Crippen LogP contribution in [0, 0.1) is 0 Å². The third-order valence-corrected chi connectivity index (χ3v) is 3.33. The van der Waals surface area contributed by atoms with Crippen molar-refractivity contribution in [1.29, 1.82) is 0 Å². The number of alkyl halides is 3. The molecular weight excluding hydrogens is 353 g/mol. The van der Waals surface area contributed by atoms with Crippen LogP contribution in [0.25, 0.3) is 11.4 Å². The molecule has 7 nitrogen and oxygen atoms in total. The highest BCUT2D eigenvalue weighted by Gasteiger charge is 2.31. The van der Waals surface area contributed by atoms with Gasteiger partial charge in [-0.1, -0.05) is 23.4 Å². The minimum atomic E-state index is -4.77. The van der Waals surface area contributed by atoms with E-state index in [-0.39, 0.29) is 23.7 Å². The van der Waals surface area contributed by atoms with Crippen molar-refractivity contribution in [3.05, 3.63) is 59.9 Å². The second-order valence-electron chi connectivity index (χ2n) is 5.16. The van der Waals surface area contributed by atoms with Crippen molar-refractivity contribution in [2.24, 2.45) is 0 Å². The highest BCUT2D eigenvalue weighted by atomic mass is 19.4. The zero-order valence-electron chi connectivity index (χ0n) is 13.0. The van der Waals surface area contributed by atoms with E-state index in [0.717, 1.165) is 12.1 Å². The molecule has 0 unspecified atom stereocenters. The van der Waals surface area contributed by atoms with E-state index in [1.807, 2.05) is 0 Å². The fourth-order valence-electron chi connectivity index (χ4n) is 2.29. The van der Waals surface area contributed by atoms with Gasteiger partial charge in [-0.25, -0.2) is 9.48 Å². The van der Waals surface area contributed by atoms with Crippen LogP contribution < -0.4 is 4.74 Å². The van der Waals surface area contributed by atoms with E-state index in [2.05, 4.69) is 20.0 Å². The Balaban J connectivity index is 1.90. The first-order valence-corrected chi connectivity index (χ1v) is 7.26. The molecule has 0 radical (unpaired) electrons. The number of hydrogen-bond acceptors (Lipinski definition) is 5. The number of nitrogens with zero attached hydrogens (tertiary/aromatic N) is 4. The number of halogens is 3. The molecule has 26 heavy (non-hydrogen) atoms. The summed E-state index contributed by atoms with van der Waals surface area (Å²) in [5, 5.41) is 16.8. The van der Waals surface area contributed by atoms with Crippen LogP contribution in [0.2, 0.25) is 0 Å². The van der Waals surface area contributed by atoms with Crippen molar-refractivity contribution in [1.82, 2.24) is 20.0 Å².